The molecule has 1 N–H and O–H groups in total. The lowest BCUT2D eigenvalue weighted by atomic mass is 10.1. The minimum atomic E-state index is -0.281. The molecule has 0 fully saturated rings. The Morgan fingerprint density at radius 3 is 2.60 bits per heavy atom. The van der Waals surface area contributed by atoms with E-state index in [0.717, 1.165) is 16.8 Å². The average molecular weight is 343 g/mol. The molecule has 25 heavy (non-hydrogen) atoms. The van der Waals surface area contributed by atoms with Crippen LogP contribution in [0, 0.1) is 11.6 Å². The smallest absolute Gasteiger partial charge is 0.203 e. The molecule has 0 radical (unpaired) electrons. The molecule has 0 spiro atoms. The molecule has 0 saturated carbocycles. The van der Waals surface area contributed by atoms with E-state index in [1.165, 1.54) is 24.3 Å². The van der Waals surface area contributed by atoms with Gasteiger partial charge in [0.15, 0.2) is 0 Å². The maximum absolute atomic E-state index is 13.3. The van der Waals surface area contributed by atoms with Crippen LogP contribution in [0.2, 0.25) is 0 Å². The van der Waals surface area contributed by atoms with Gasteiger partial charge in [-0.25, -0.2) is 13.8 Å². The maximum atomic E-state index is 13.3. The van der Waals surface area contributed by atoms with Crippen LogP contribution >= 0.6 is 0 Å². The first-order chi connectivity index (χ1) is 12.2. The van der Waals surface area contributed by atoms with Crippen LogP contribution < -0.4 is 5.32 Å². The highest BCUT2D eigenvalue weighted by molar-refractivity contribution is 5.61. The molecule has 6 heteroatoms. The van der Waals surface area contributed by atoms with Crippen molar-refractivity contribution in [2.45, 2.75) is 13.1 Å². The number of methoxy groups -OCH3 is 1. The number of hydrogen-bond donors (Lipinski definition) is 1. The van der Waals surface area contributed by atoms with Crippen molar-refractivity contribution in [3.05, 3.63) is 71.9 Å². The van der Waals surface area contributed by atoms with E-state index in [1.807, 2.05) is 10.6 Å². The van der Waals surface area contributed by atoms with E-state index in [1.54, 1.807) is 31.5 Å². The molecule has 0 aliphatic rings. The number of nitrogens with one attached hydrogen (secondary N) is 1. The third kappa shape index (κ3) is 4.22. The van der Waals surface area contributed by atoms with Crippen LogP contribution in [0.1, 0.15) is 5.56 Å². The van der Waals surface area contributed by atoms with Crippen molar-refractivity contribution in [3.8, 4) is 11.3 Å². The molecule has 0 saturated heterocycles. The molecule has 0 unspecified atom stereocenters. The topological polar surface area (TPSA) is 39.1 Å². The minimum absolute atomic E-state index is 0.269. The fourth-order valence-corrected chi connectivity index (χ4v) is 2.60. The molecule has 1 aromatic heterocycles. The van der Waals surface area contributed by atoms with Crippen LogP contribution in [0.3, 0.4) is 0 Å². The quantitative estimate of drug-likeness (QED) is 0.702. The summed E-state index contributed by atoms with van der Waals surface area (Å²) in [6.07, 6.45) is 1.73. The first-order valence-corrected chi connectivity index (χ1v) is 7.96. The lowest BCUT2D eigenvalue weighted by molar-refractivity contribution is 0.188. The number of imidazole rings is 1. The Kier molecular flexibility index (Phi) is 5.40. The van der Waals surface area contributed by atoms with Crippen molar-refractivity contribution in [2.75, 3.05) is 19.0 Å². The van der Waals surface area contributed by atoms with Crippen molar-refractivity contribution < 1.29 is 13.5 Å². The van der Waals surface area contributed by atoms with Crippen LogP contribution in [0.5, 0.6) is 0 Å². The van der Waals surface area contributed by atoms with Crippen LogP contribution in [0.15, 0.2) is 54.7 Å². The Bertz CT molecular complexity index is 831. The van der Waals surface area contributed by atoms with Gasteiger partial charge in [-0.15, -0.1) is 0 Å². The number of aromatic nitrogens is 2. The molecule has 130 valence electrons. The number of nitrogens with zero attached hydrogens (tertiary/aromatic N) is 2. The first-order valence-electron chi connectivity index (χ1n) is 7.96. The molecule has 0 aliphatic carbocycles. The highest BCUT2D eigenvalue weighted by Crippen LogP contribution is 2.24. The predicted molar refractivity (Wildman–Crippen MR) is 93.2 cm³/mol. The summed E-state index contributed by atoms with van der Waals surface area (Å²) >= 11 is 0. The number of halogens is 2. The third-order valence-electron chi connectivity index (χ3n) is 3.85. The summed E-state index contributed by atoms with van der Waals surface area (Å²) in [6, 6.07) is 12.7. The number of anilines is 1. The zero-order chi connectivity index (χ0) is 17.6. The number of rotatable bonds is 7. The molecule has 4 nitrogen and oxygen atoms in total. The van der Waals surface area contributed by atoms with Crippen molar-refractivity contribution in [2.24, 2.45) is 0 Å². The van der Waals surface area contributed by atoms with Gasteiger partial charge in [-0.05, 0) is 42.0 Å². The fraction of sp³-hybridized carbons (Fsp3) is 0.211. The largest absolute Gasteiger partial charge is 0.383 e. The van der Waals surface area contributed by atoms with Gasteiger partial charge in [-0.2, -0.15) is 0 Å². The predicted octanol–water partition coefficient (Wildman–Crippen LogP) is 4.09. The molecule has 3 rings (SSSR count). The Morgan fingerprint density at radius 2 is 1.88 bits per heavy atom. The molecule has 0 atom stereocenters. The number of ether oxygens (including phenoxy) is 1. The lowest BCUT2D eigenvalue weighted by Gasteiger charge is -2.13. The highest BCUT2D eigenvalue weighted by Gasteiger charge is 2.12. The Labute approximate surface area is 145 Å². The van der Waals surface area contributed by atoms with E-state index in [4.69, 9.17) is 4.74 Å². The Balaban J connectivity index is 1.84. The molecule has 0 amide bonds. The van der Waals surface area contributed by atoms with E-state index < -0.39 is 0 Å². The van der Waals surface area contributed by atoms with Crippen molar-refractivity contribution in [1.29, 1.82) is 0 Å². The Morgan fingerprint density at radius 1 is 1.08 bits per heavy atom. The minimum Gasteiger partial charge on any atom is -0.383 e. The normalized spacial score (nSPS) is 10.8. The zero-order valence-corrected chi connectivity index (χ0v) is 13.9. The highest BCUT2D eigenvalue weighted by atomic mass is 19.1. The van der Waals surface area contributed by atoms with Crippen molar-refractivity contribution in [3.63, 3.8) is 0 Å². The maximum Gasteiger partial charge on any atom is 0.203 e. The van der Waals surface area contributed by atoms with Gasteiger partial charge in [0.25, 0.3) is 0 Å². The number of hydrogen-bond acceptors (Lipinski definition) is 3. The van der Waals surface area contributed by atoms with Gasteiger partial charge in [0.2, 0.25) is 5.95 Å². The second-order valence-corrected chi connectivity index (χ2v) is 5.60. The van der Waals surface area contributed by atoms with Crippen LogP contribution in [0.25, 0.3) is 11.3 Å². The molecule has 2 aromatic carbocycles. The lowest BCUT2D eigenvalue weighted by Crippen LogP contribution is -2.11. The average Bonchev–Trinajstić information content (AvgIpc) is 3.01. The summed E-state index contributed by atoms with van der Waals surface area (Å²) in [7, 11) is 1.63. The van der Waals surface area contributed by atoms with E-state index in [2.05, 4.69) is 10.3 Å². The molecular formula is C19H19F2N3O. The molecule has 0 aliphatic heterocycles. The van der Waals surface area contributed by atoms with Crippen molar-refractivity contribution in [1.82, 2.24) is 9.55 Å². The van der Waals surface area contributed by atoms with Gasteiger partial charge >= 0.3 is 0 Å². The summed E-state index contributed by atoms with van der Waals surface area (Å²) in [5.74, 6) is 0.103. The van der Waals surface area contributed by atoms with E-state index in [0.29, 0.717) is 25.6 Å². The third-order valence-corrected chi connectivity index (χ3v) is 3.85. The summed E-state index contributed by atoms with van der Waals surface area (Å²) in [4.78, 5) is 4.41. The van der Waals surface area contributed by atoms with Crippen LogP contribution in [-0.4, -0.2) is 23.3 Å². The molecule has 3 aromatic rings. The standard InChI is InChI=1S/C19H19F2N3O/c1-25-10-9-24-18(15-5-7-16(20)8-6-15)13-23-19(24)22-12-14-3-2-4-17(21)11-14/h2-8,11,13H,9-10,12H2,1H3,(H,22,23). The van der Waals surface area contributed by atoms with Gasteiger partial charge in [-0.3, -0.25) is 0 Å². The van der Waals surface area contributed by atoms with Gasteiger partial charge in [0.05, 0.1) is 18.5 Å². The molecule has 1 heterocycles. The van der Waals surface area contributed by atoms with Gasteiger partial charge in [0, 0.05) is 25.8 Å². The second kappa shape index (κ2) is 7.90. The summed E-state index contributed by atoms with van der Waals surface area (Å²) in [5, 5.41) is 3.22. The SMILES string of the molecule is COCCn1c(-c2ccc(F)cc2)cnc1NCc1cccc(F)c1. The summed E-state index contributed by atoms with van der Waals surface area (Å²) < 4.78 is 33.6. The molecule has 0 bridgehead atoms. The van der Waals surface area contributed by atoms with Crippen molar-refractivity contribution >= 4 is 5.95 Å². The summed E-state index contributed by atoms with van der Waals surface area (Å²) in [6.45, 7) is 1.55. The zero-order valence-electron chi connectivity index (χ0n) is 13.9. The summed E-state index contributed by atoms with van der Waals surface area (Å²) in [5.41, 5.74) is 2.55. The van der Waals surface area contributed by atoms with Gasteiger partial charge < -0.3 is 14.6 Å². The second-order valence-electron chi connectivity index (χ2n) is 5.60. The van der Waals surface area contributed by atoms with Crippen LogP contribution in [0.4, 0.5) is 14.7 Å². The van der Waals surface area contributed by atoms with E-state index >= 15 is 0 Å². The van der Waals surface area contributed by atoms with Crippen LogP contribution in [-0.2, 0) is 17.8 Å². The van der Waals surface area contributed by atoms with E-state index in [-0.39, 0.29) is 11.6 Å². The first kappa shape index (κ1) is 17.1. The fourth-order valence-electron chi connectivity index (χ4n) is 2.60. The number of benzene rings is 2. The molecular weight excluding hydrogens is 324 g/mol. The Hall–Kier alpha value is -2.73. The van der Waals surface area contributed by atoms with Gasteiger partial charge in [-0.1, -0.05) is 12.1 Å². The monoisotopic (exact) mass is 343 g/mol. The van der Waals surface area contributed by atoms with E-state index in [9.17, 15) is 8.78 Å². The van der Waals surface area contributed by atoms with Gasteiger partial charge in [0.1, 0.15) is 11.6 Å².